The Hall–Kier alpha value is -3.17. The maximum Gasteiger partial charge on any atom is 0.238 e. The van der Waals surface area contributed by atoms with E-state index in [0.717, 1.165) is 16.3 Å². The molecule has 0 bridgehead atoms. The van der Waals surface area contributed by atoms with Crippen LogP contribution in [0.2, 0.25) is 5.02 Å². The van der Waals surface area contributed by atoms with Gasteiger partial charge in [0.15, 0.2) is 0 Å². The Labute approximate surface area is 186 Å². The predicted molar refractivity (Wildman–Crippen MR) is 122 cm³/mol. The van der Waals surface area contributed by atoms with Crippen LogP contribution in [0.5, 0.6) is 0 Å². The molecule has 0 saturated carbocycles. The highest BCUT2D eigenvalue weighted by Crippen LogP contribution is 2.37. The first kappa shape index (κ1) is 20.1. The third kappa shape index (κ3) is 3.94. The first-order chi connectivity index (χ1) is 14.6. The molecule has 146 valence electrons. The van der Waals surface area contributed by atoms with Gasteiger partial charge in [-0.1, -0.05) is 41.6 Å². The lowest BCUT2D eigenvalue weighted by Crippen LogP contribution is -2.06. The number of thioether (sulfide) groups is 1. The number of hydrogen-bond acceptors (Lipinski definition) is 7. The summed E-state index contributed by atoms with van der Waals surface area (Å²) in [6, 6.07) is 9.71. The van der Waals surface area contributed by atoms with Gasteiger partial charge in [-0.2, -0.15) is 5.26 Å². The minimum absolute atomic E-state index is 0.102. The number of aromatic nitrogens is 2. The molecule has 1 aliphatic rings. The van der Waals surface area contributed by atoms with Crippen LogP contribution < -0.4 is 5.73 Å². The van der Waals surface area contributed by atoms with Gasteiger partial charge in [0, 0.05) is 27.3 Å². The van der Waals surface area contributed by atoms with Crippen LogP contribution in [-0.4, -0.2) is 22.2 Å². The Bertz CT molecular complexity index is 1260. The molecule has 0 amide bonds. The average molecular weight is 449 g/mol. The highest BCUT2D eigenvalue weighted by atomic mass is 35.5. The lowest BCUT2D eigenvalue weighted by molar-refractivity contribution is 1.11. The highest BCUT2D eigenvalue weighted by molar-refractivity contribution is 7.98. The Morgan fingerprint density at radius 2 is 2.10 bits per heavy atom. The van der Waals surface area contributed by atoms with Gasteiger partial charge in [-0.05, 0) is 18.2 Å². The number of nitrogens with two attached hydrogens (primary N) is 1. The Balaban J connectivity index is 1.63. The van der Waals surface area contributed by atoms with E-state index in [4.69, 9.17) is 23.9 Å². The van der Waals surface area contributed by atoms with E-state index in [-0.39, 0.29) is 11.5 Å². The third-order valence-corrected chi connectivity index (χ3v) is 6.49. The zero-order chi connectivity index (χ0) is 21.1. The van der Waals surface area contributed by atoms with Gasteiger partial charge in [0.05, 0.1) is 30.1 Å². The second kappa shape index (κ2) is 8.68. The van der Waals surface area contributed by atoms with E-state index in [1.807, 2.05) is 35.7 Å². The minimum Gasteiger partial charge on any atom is -0.392 e. The van der Waals surface area contributed by atoms with Crippen molar-refractivity contribution in [2.24, 2.45) is 4.99 Å². The molecule has 1 aromatic carbocycles. The molecule has 3 heterocycles. The Morgan fingerprint density at radius 1 is 1.30 bits per heavy atom. The van der Waals surface area contributed by atoms with Crippen molar-refractivity contribution in [1.82, 2.24) is 9.97 Å². The van der Waals surface area contributed by atoms with Crippen molar-refractivity contribution in [1.29, 1.82) is 5.26 Å². The second-order valence-electron chi connectivity index (χ2n) is 6.19. The molecule has 9 heteroatoms. The fourth-order valence-corrected chi connectivity index (χ4v) is 4.86. The molecule has 0 saturated heterocycles. The third-order valence-electron chi connectivity index (χ3n) is 4.29. The summed E-state index contributed by atoms with van der Waals surface area (Å²) in [6.07, 6.45) is 3.68. The number of nitriles is 1. The van der Waals surface area contributed by atoms with Gasteiger partial charge >= 0.3 is 0 Å². The van der Waals surface area contributed by atoms with Gasteiger partial charge in [0.25, 0.3) is 0 Å². The summed E-state index contributed by atoms with van der Waals surface area (Å²) in [4.78, 5) is 16.8. The predicted octanol–water partition coefficient (Wildman–Crippen LogP) is 5.51. The van der Waals surface area contributed by atoms with Gasteiger partial charge in [0.1, 0.15) is 21.9 Å². The maximum absolute atomic E-state index is 9.79. The molecule has 1 aliphatic heterocycles. The number of benzene rings is 1. The largest absolute Gasteiger partial charge is 0.392 e. The highest BCUT2D eigenvalue weighted by Gasteiger charge is 2.23. The SMILES string of the molecule is [C-]#[N+]c1c(N)nc(SCc2csc(-c3ccc(Cl)cc3)n2)c(C#N)c1C1=NCC=C1. The Kier molecular flexibility index (Phi) is 5.82. The number of aliphatic imine (C=N–C) groups is 1. The van der Waals surface area contributed by atoms with E-state index in [1.54, 1.807) is 17.4 Å². The van der Waals surface area contributed by atoms with Gasteiger partial charge < -0.3 is 5.73 Å². The van der Waals surface area contributed by atoms with Gasteiger partial charge in [0.2, 0.25) is 5.69 Å². The summed E-state index contributed by atoms with van der Waals surface area (Å²) in [5.74, 6) is 0.620. The number of anilines is 1. The lowest BCUT2D eigenvalue weighted by Gasteiger charge is -2.12. The van der Waals surface area contributed by atoms with Crippen molar-refractivity contribution in [2.45, 2.75) is 10.8 Å². The van der Waals surface area contributed by atoms with E-state index in [2.05, 4.69) is 25.9 Å². The summed E-state index contributed by atoms with van der Waals surface area (Å²) < 4.78 is 0. The van der Waals surface area contributed by atoms with E-state index in [0.29, 0.717) is 39.2 Å². The molecule has 0 atom stereocenters. The van der Waals surface area contributed by atoms with Crippen LogP contribution in [0.25, 0.3) is 15.4 Å². The molecular weight excluding hydrogens is 436 g/mol. The van der Waals surface area contributed by atoms with Crippen LogP contribution in [-0.2, 0) is 5.75 Å². The Morgan fingerprint density at radius 3 is 2.77 bits per heavy atom. The van der Waals surface area contributed by atoms with Crippen molar-refractivity contribution in [2.75, 3.05) is 12.3 Å². The molecule has 0 spiro atoms. The molecule has 0 aliphatic carbocycles. The summed E-state index contributed by atoms with van der Waals surface area (Å²) in [5, 5.41) is 13.8. The van der Waals surface area contributed by atoms with E-state index in [1.165, 1.54) is 11.8 Å². The number of allylic oxidation sites excluding steroid dienone is 1. The van der Waals surface area contributed by atoms with Crippen molar-refractivity contribution < 1.29 is 0 Å². The van der Waals surface area contributed by atoms with E-state index < -0.39 is 0 Å². The molecule has 3 aromatic rings. The summed E-state index contributed by atoms with van der Waals surface area (Å²) in [6.45, 7) is 7.98. The maximum atomic E-state index is 9.79. The first-order valence-corrected chi connectivity index (χ1v) is 11.0. The van der Waals surface area contributed by atoms with Crippen LogP contribution >= 0.6 is 34.7 Å². The van der Waals surface area contributed by atoms with Crippen molar-refractivity contribution in [3.8, 4) is 16.6 Å². The van der Waals surface area contributed by atoms with Gasteiger partial charge in [-0.25, -0.2) is 14.8 Å². The zero-order valence-corrected chi connectivity index (χ0v) is 17.9. The molecule has 0 radical (unpaired) electrons. The lowest BCUT2D eigenvalue weighted by atomic mass is 10.0. The smallest absolute Gasteiger partial charge is 0.238 e. The van der Waals surface area contributed by atoms with E-state index in [9.17, 15) is 5.26 Å². The summed E-state index contributed by atoms with van der Waals surface area (Å²) in [5.41, 5.74) is 9.43. The topological polar surface area (TPSA) is 92.3 Å². The van der Waals surface area contributed by atoms with Crippen molar-refractivity contribution >= 4 is 51.9 Å². The second-order valence-corrected chi connectivity index (χ2v) is 8.45. The van der Waals surface area contributed by atoms with Crippen LogP contribution in [0.4, 0.5) is 11.5 Å². The van der Waals surface area contributed by atoms with Crippen LogP contribution in [0, 0.1) is 17.9 Å². The first-order valence-electron chi connectivity index (χ1n) is 8.76. The monoisotopic (exact) mass is 448 g/mol. The number of thiazole rings is 1. The molecule has 2 aromatic heterocycles. The normalized spacial score (nSPS) is 12.4. The van der Waals surface area contributed by atoms with Gasteiger partial charge in [-0.15, -0.1) is 11.3 Å². The number of halogens is 1. The molecule has 2 N–H and O–H groups in total. The number of hydrogen-bond donors (Lipinski definition) is 1. The molecule has 4 rings (SSSR count). The van der Waals surface area contributed by atoms with Crippen molar-refractivity contribution in [3.05, 3.63) is 75.1 Å². The molecule has 0 unspecified atom stereocenters. The molecule has 6 nitrogen and oxygen atoms in total. The fourth-order valence-electron chi connectivity index (χ4n) is 2.91. The minimum atomic E-state index is 0.102. The molecule has 30 heavy (non-hydrogen) atoms. The standard InChI is InChI=1S/C21H13ClN6S2/c1-25-18-17(16-3-2-8-26-16)15(9-23)21(28-19(18)24)30-11-14-10-29-20(27-14)12-4-6-13(22)7-5-12/h2-7,10H,8,11H2,(H2,24,28). The quantitative estimate of drug-likeness (QED) is 0.410. The van der Waals surface area contributed by atoms with Crippen LogP contribution in [0.15, 0.2) is 51.8 Å². The number of nitrogens with zero attached hydrogens (tertiary/aromatic N) is 5. The van der Waals surface area contributed by atoms with Crippen LogP contribution in [0.3, 0.4) is 0 Å². The number of pyridine rings is 1. The van der Waals surface area contributed by atoms with Gasteiger partial charge in [-0.3, -0.25) is 4.99 Å². The zero-order valence-electron chi connectivity index (χ0n) is 15.5. The summed E-state index contributed by atoms with van der Waals surface area (Å²) >= 11 is 8.86. The van der Waals surface area contributed by atoms with E-state index >= 15 is 0 Å². The van der Waals surface area contributed by atoms with Crippen molar-refractivity contribution in [3.63, 3.8) is 0 Å². The fraction of sp³-hybridized carbons (Fsp3) is 0.0952. The number of nitrogen functional groups attached to an aromatic ring is 1. The van der Waals surface area contributed by atoms with Crippen LogP contribution in [0.1, 0.15) is 16.8 Å². The number of rotatable bonds is 5. The average Bonchev–Trinajstić information content (AvgIpc) is 3.44. The molecular formula is C21H13ClN6S2. The summed E-state index contributed by atoms with van der Waals surface area (Å²) in [7, 11) is 0. The molecule has 0 fully saturated rings.